The molecule has 1 aromatic rings. The van der Waals surface area contributed by atoms with Crippen LogP contribution in [0.5, 0.6) is 0 Å². The molecule has 1 aromatic carbocycles. The zero-order valence-corrected chi connectivity index (χ0v) is 11.9. The smallest absolute Gasteiger partial charge is 0.321 e. The fourth-order valence-corrected chi connectivity index (χ4v) is 2.84. The van der Waals surface area contributed by atoms with Gasteiger partial charge in [-0.1, -0.05) is 11.8 Å². The monoisotopic (exact) mass is 319 g/mol. The number of rotatable bonds is 3. The minimum absolute atomic E-state index is 0.00859. The van der Waals surface area contributed by atoms with Crippen LogP contribution in [0, 0.1) is 11.6 Å². The highest BCUT2D eigenvalue weighted by Gasteiger charge is 2.18. The van der Waals surface area contributed by atoms with Crippen LogP contribution in [-0.4, -0.2) is 28.9 Å². The van der Waals surface area contributed by atoms with Crippen LogP contribution in [0.1, 0.15) is 5.56 Å². The minimum atomic E-state index is -0.678. The first-order chi connectivity index (χ1) is 9.56. The Bertz CT molecular complexity index is 521. The lowest BCUT2D eigenvalue weighted by atomic mass is 10.2. The van der Waals surface area contributed by atoms with E-state index in [9.17, 15) is 13.6 Å². The summed E-state index contributed by atoms with van der Waals surface area (Å²) in [6.45, 7) is 0.0252. The molecule has 20 heavy (non-hydrogen) atoms. The van der Waals surface area contributed by atoms with E-state index in [4.69, 9.17) is 11.6 Å². The van der Waals surface area contributed by atoms with E-state index in [1.54, 1.807) is 0 Å². The van der Waals surface area contributed by atoms with Gasteiger partial charge in [0.1, 0.15) is 11.6 Å². The van der Waals surface area contributed by atoms with Gasteiger partial charge in [-0.2, -0.15) is 0 Å². The first kappa shape index (κ1) is 15.1. The van der Waals surface area contributed by atoms with Gasteiger partial charge < -0.3 is 5.32 Å². The van der Waals surface area contributed by atoms with Crippen LogP contribution in [-0.2, 0) is 6.54 Å². The van der Waals surface area contributed by atoms with E-state index in [0.29, 0.717) is 16.6 Å². The van der Waals surface area contributed by atoms with Gasteiger partial charge in [-0.05, 0) is 17.7 Å². The first-order valence-corrected chi connectivity index (χ1v) is 7.35. The Hall–Kier alpha value is -1.34. The standard InChI is InChI=1S/C12H12ClF2N3OS/c13-4-10-6-20-12(17-10)18-11(19)16-5-7-1-8(14)3-9(15)2-7/h1-3,10H,4-6H2,(H2,16,17,18,19). The molecule has 1 aliphatic rings. The predicted molar refractivity (Wildman–Crippen MR) is 76.1 cm³/mol. The van der Waals surface area contributed by atoms with E-state index < -0.39 is 17.7 Å². The maximum absolute atomic E-state index is 13.0. The summed E-state index contributed by atoms with van der Waals surface area (Å²) in [5.74, 6) is -0.220. The number of carbonyl (C=O) groups is 1. The molecule has 8 heteroatoms. The maximum atomic E-state index is 13.0. The predicted octanol–water partition coefficient (Wildman–Crippen LogP) is 2.47. The van der Waals surface area contributed by atoms with E-state index in [-0.39, 0.29) is 12.6 Å². The summed E-state index contributed by atoms with van der Waals surface area (Å²) in [6.07, 6.45) is 0. The number of amides is 2. The highest BCUT2D eigenvalue weighted by Crippen LogP contribution is 2.17. The van der Waals surface area contributed by atoms with Gasteiger partial charge in [-0.3, -0.25) is 10.3 Å². The van der Waals surface area contributed by atoms with E-state index in [0.717, 1.165) is 24.0 Å². The van der Waals surface area contributed by atoms with E-state index in [2.05, 4.69) is 15.6 Å². The third kappa shape index (κ3) is 4.35. The normalized spacial score (nSPS) is 17.8. The van der Waals surface area contributed by atoms with Gasteiger partial charge in [-0.25, -0.2) is 13.6 Å². The molecule has 1 heterocycles. The lowest BCUT2D eigenvalue weighted by molar-refractivity contribution is 0.245. The van der Waals surface area contributed by atoms with Crippen molar-refractivity contribution in [1.29, 1.82) is 0 Å². The summed E-state index contributed by atoms with van der Waals surface area (Å²) >= 11 is 7.06. The van der Waals surface area contributed by atoms with Gasteiger partial charge in [0.15, 0.2) is 5.17 Å². The van der Waals surface area contributed by atoms with E-state index >= 15 is 0 Å². The molecule has 2 rings (SSSR count). The Morgan fingerprint density at radius 1 is 1.40 bits per heavy atom. The number of amidine groups is 1. The molecule has 0 spiro atoms. The summed E-state index contributed by atoms with van der Waals surface area (Å²) in [4.78, 5) is 15.8. The second-order valence-corrected chi connectivity index (χ2v) is 5.46. The largest absolute Gasteiger partial charge is 0.334 e. The average molecular weight is 320 g/mol. The van der Waals surface area contributed by atoms with Gasteiger partial charge in [0, 0.05) is 24.2 Å². The van der Waals surface area contributed by atoms with Gasteiger partial charge in [0.25, 0.3) is 0 Å². The molecule has 0 aromatic heterocycles. The Morgan fingerprint density at radius 2 is 2.10 bits per heavy atom. The second kappa shape index (κ2) is 6.90. The second-order valence-electron chi connectivity index (χ2n) is 4.14. The van der Waals surface area contributed by atoms with Crippen molar-refractivity contribution in [2.75, 3.05) is 11.6 Å². The quantitative estimate of drug-likeness (QED) is 0.841. The molecular formula is C12H12ClF2N3OS. The van der Waals surface area contributed by atoms with Gasteiger partial charge in [0.2, 0.25) is 0 Å². The van der Waals surface area contributed by atoms with Gasteiger partial charge >= 0.3 is 6.03 Å². The Balaban J connectivity index is 1.83. The topological polar surface area (TPSA) is 53.5 Å². The third-order valence-corrected chi connectivity index (χ3v) is 3.87. The van der Waals surface area contributed by atoms with Crippen molar-refractivity contribution in [3.63, 3.8) is 0 Å². The summed E-state index contributed by atoms with van der Waals surface area (Å²) in [6, 6.07) is 2.63. The molecule has 2 amide bonds. The molecule has 1 aliphatic heterocycles. The molecule has 0 aliphatic carbocycles. The summed E-state index contributed by atoms with van der Waals surface area (Å²) < 4.78 is 25.9. The molecule has 0 saturated heterocycles. The van der Waals surface area contributed by atoms with Crippen LogP contribution in [0.25, 0.3) is 0 Å². The average Bonchev–Trinajstić information content (AvgIpc) is 2.83. The number of hydrogen-bond acceptors (Lipinski definition) is 3. The molecular weight excluding hydrogens is 308 g/mol. The van der Waals surface area contributed by atoms with Crippen molar-refractivity contribution in [1.82, 2.24) is 10.6 Å². The number of nitrogens with one attached hydrogen (secondary N) is 2. The van der Waals surface area contributed by atoms with Crippen molar-refractivity contribution in [2.24, 2.45) is 4.99 Å². The minimum Gasteiger partial charge on any atom is -0.334 e. The number of nitrogens with zero attached hydrogens (tertiary/aromatic N) is 1. The number of hydrogen-bond donors (Lipinski definition) is 2. The molecule has 4 nitrogen and oxygen atoms in total. The first-order valence-electron chi connectivity index (χ1n) is 5.83. The number of alkyl halides is 1. The molecule has 2 N–H and O–H groups in total. The fraction of sp³-hybridized carbons (Fsp3) is 0.333. The van der Waals surface area contributed by atoms with Crippen LogP contribution in [0.15, 0.2) is 23.2 Å². The van der Waals surface area contributed by atoms with Crippen LogP contribution in [0.2, 0.25) is 0 Å². The van der Waals surface area contributed by atoms with Crippen LogP contribution in [0.4, 0.5) is 13.6 Å². The number of halogens is 3. The van der Waals surface area contributed by atoms with Crippen LogP contribution in [0.3, 0.4) is 0 Å². The Labute approximate surface area is 124 Å². The van der Waals surface area contributed by atoms with E-state index in [1.165, 1.54) is 11.8 Å². The lowest BCUT2D eigenvalue weighted by Gasteiger charge is -2.07. The van der Waals surface area contributed by atoms with Crippen molar-refractivity contribution >= 4 is 34.6 Å². The van der Waals surface area contributed by atoms with Crippen LogP contribution < -0.4 is 10.6 Å². The van der Waals surface area contributed by atoms with Crippen molar-refractivity contribution in [2.45, 2.75) is 12.6 Å². The number of carbonyl (C=O) groups excluding carboxylic acids is 1. The van der Waals surface area contributed by atoms with Crippen molar-refractivity contribution in [3.05, 3.63) is 35.4 Å². The molecule has 108 valence electrons. The van der Waals surface area contributed by atoms with Crippen molar-refractivity contribution in [3.8, 4) is 0 Å². The Morgan fingerprint density at radius 3 is 2.70 bits per heavy atom. The number of aliphatic imine (C=N–C) groups is 1. The lowest BCUT2D eigenvalue weighted by Crippen LogP contribution is -2.37. The zero-order chi connectivity index (χ0) is 14.5. The molecule has 1 atom stereocenters. The fourth-order valence-electron chi connectivity index (χ4n) is 1.60. The molecule has 0 radical (unpaired) electrons. The van der Waals surface area contributed by atoms with E-state index in [1.807, 2.05) is 0 Å². The molecule has 0 bridgehead atoms. The van der Waals surface area contributed by atoms with Crippen molar-refractivity contribution < 1.29 is 13.6 Å². The highest BCUT2D eigenvalue weighted by atomic mass is 35.5. The summed E-state index contributed by atoms with van der Waals surface area (Å²) in [5, 5.41) is 5.56. The summed E-state index contributed by atoms with van der Waals surface area (Å²) in [7, 11) is 0. The zero-order valence-electron chi connectivity index (χ0n) is 10.3. The molecule has 0 fully saturated rings. The number of thioether (sulfide) groups is 1. The third-order valence-electron chi connectivity index (χ3n) is 2.49. The van der Waals surface area contributed by atoms with Gasteiger partial charge in [0.05, 0.1) is 6.04 Å². The van der Waals surface area contributed by atoms with Gasteiger partial charge in [-0.15, -0.1) is 11.6 Å². The van der Waals surface area contributed by atoms with Crippen LogP contribution >= 0.6 is 23.4 Å². The maximum Gasteiger partial charge on any atom is 0.321 e. The number of urea groups is 1. The number of benzene rings is 1. The highest BCUT2D eigenvalue weighted by molar-refractivity contribution is 8.14. The molecule has 1 unspecified atom stereocenters. The molecule has 0 saturated carbocycles. The summed E-state index contributed by atoms with van der Waals surface area (Å²) in [5.41, 5.74) is 0.345. The Kier molecular flexibility index (Phi) is 5.19. The SMILES string of the molecule is O=C(NCc1cc(F)cc(F)c1)NC1=NC(CCl)CS1.